The zero-order valence-electron chi connectivity index (χ0n) is 10.3. The molecule has 4 heteroatoms. The molecule has 1 amide bonds. The topological polar surface area (TPSA) is 20.3 Å². The van der Waals surface area contributed by atoms with E-state index in [9.17, 15) is 4.79 Å². The Morgan fingerprint density at radius 1 is 1.53 bits per heavy atom. The minimum absolute atomic E-state index is 0.212. The molecule has 1 heterocycles. The minimum atomic E-state index is 0.212. The highest BCUT2D eigenvalue weighted by Crippen LogP contribution is 2.31. The third-order valence-corrected chi connectivity index (χ3v) is 4.59. The number of thiophene rings is 1. The summed E-state index contributed by atoms with van der Waals surface area (Å²) in [5.41, 5.74) is 0. The number of rotatable bonds is 5. The van der Waals surface area contributed by atoms with Gasteiger partial charge >= 0.3 is 0 Å². The van der Waals surface area contributed by atoms with Crippen molar-refractivity contribution in [3.05, 3.63) is 20.8 Å². The Hall–Kier alpha value is -0.350. The second kappa shape index (κ2) is 5.53. The number of carbonyl (C=O) groups is 1. The molecule has 1 saturated carbocycles. The van der Waals surface area contributed by atoms with Crippen LogP contribution in [-0.2, 0) is 0 Å². The fraction of sp³-hybridized carbons (Fsp3) is 0.615. The number of hydrogen-bond donors (Lipinski definition) is 0. The van der Waals surface area contributed by atoms with Gasteiger partial charge in [-0.3, -0.25) is 4.79 Å². The monoisotopic (exact) mass is 315 g/mol. The van der Waals surface area contributed by atoms with Gasteiger partial charge in [-0.2, -0.15) is 0 Å². The smallest absolute Gasteiger partial charge is 0.264 e. The van der Waals surface area contributed by atoms with Crippen molar-refractivity contribution < 1.29 is 4.79 Å². The zero-order chi connectivity index (χ0) is 12.4. The predicted molar refractivity (Wildman–Crippen MR) is 75.5 cm³/mol. The molecule has 1 aliphatic rings. The highest BCUT2D eigenvalue weighted by atomic mass is 79.9. The molecule has 17 heavy (non-hydrogen) atoms. The van der Waals surface area contributed by atoms with E-state index < -0.39 is 0 Å². The van der Waals surface area contributed by atoms with Crippen LogP contribution in [0.15, 0.2) is 15.9 Å². The first kappa shape index (κ1) is 13.1. The lowest BCUT2D eigenvalue weighted by molar-refractivity contribution is 0.0740. The fourth-order valence-corrected chi connectivity index (χ4v) is 3.15. The largest absolute Gasteiger partial charge is 0.335 e. The van der Waals surface area contributed by atoms with Gasteiger partial charge in [-0.05, 0) is 53.2 Å². The maximum absolute atomic E-state index is 12.4. The maximum atomic E-state index is 12.4. The molecule has 1 fully saturated rings. The van der Waals surface area contributed by atoms with E-state index in [4.69, 9.17) is 0 Å². The van der Waals surface area contributed by atoms with Crippen LogP contribution in [-0.4, -0.2) is 23.4 Å². The van der Waals surface area contributed by atoms with Gasteiger partial charge in [-0.15, -0.1) is 11.3 Å². The van der Waals surface area contributed by atoms with Gasteiger partial charge in [-0.1, -0.05) is 13.8 Å². The quantitative estimate of drug-likeness (QED) is 0.799. The highest BCUT2D eigenvalue weighted by molar-refractivity contribution is 9.11. The van der Waals surface area contributed by atoms with Crippen LogP contribution in [0.1, 0.15) is 42.8 Å². The summed E-state index contributed by atoms with van der Waals surface area (Å²) in [5.74, 6) is 0.864. The van der Waals surface area contributed by atoms with Crippen molar-refractivity contribution in [3.8, 4) is 0 Å². The molecule has 0 saturated heterocycles. The molecule has 0 aliphatic heterocycles. The molecule has 2 rings (SSSR count). The van der Waals surface area contributed by atoms with E-state index >= 15 is 0 Å². The third kappa shape index (κ3) is 3.55. The van der Waals surface area contributed by atoms with Crippen molar-refractivity contribution in [1.29, 1.82) is 0 Å². The number of hydrogen-bond acceptors (Lipinski definition) is 2. The van der Waals surface area contributed by atoms with Gasteiger partial charge < -0.3 is 4.90 Å². The van der Waals surface area contributed by atoms with Gasteiger partial charge in [-0.25, -0.2) is 0 Å². The summed E-state index contributed by atoms with van der Waals surface area (Å²) in [6.07, 6.45) is 3.45. The molecule has 1 aromatic rings. The molecule has 0 radical (unpaired) electrons. The average molecular weight is 316 g/mol. The van der Waals surface area contributed by atoms with Gasteiger partial charge in [0.15, 0.2) is 0 Å². The van der Waals surface area contributed by atoms with E-state index in [2.05, 4.69) is 34.7 Å². The summed E-state index contributed by atoms with van der Waals surface area (Å²) in [7, 11) is 0. The van der Waals surface area contributed by atoms with E-state index in [0.717, 1.165) is 21.6 Å². The molecule has 0 N–H and O–H groups in total. The van der Waals surface area contributed by atoms with E-state index in [0.29, 0.717) is 12.0 Å². The molecule has 0 unspecified atom stereocenters. The van der Waals surface area contributed by atoms with Crippen LogP contribution in [0.2, 0.25) is 0 Å². The lowest BCUT2D eigenvalue weighted by Crippen LogP contribution is -2.34. The Kier molecular flexibility index (Phi) is 4.26. The number of carbonyl (C=O) groups excluding carboxylic acids is 1. The van der Waals surface area contributed by atoms with Crippen LogP contribution in [0.3, 0.4) is 0 Å². The molecule has 94 valence electrons. The molecule has 0 atom stereocenters. The van der Waals surface area contributed by atoms with E-state index in [-0.39, 0.29) is 5.91 Å². The summed E-state index contributed by atoms with van der Waals surface area (Å²) < 4.78 is 1.03. The second-order valence-electron chi connectivity index (χ2n) is 5.02. The van der Waals surface area contributed by atoms with Crippen LogP contribution < -0.4 is 0 Å². The first-order chi connectivity index (χ1) is 8.08. The summed E-state index contributed by atoms with van der Waals surface area (Å²) >= 11 is 4.94. The van der Waals surface area contributed by atoms with E-state index in [1.165, 1.54) is 24.2 Å². The second-order valence-corrected chi connectivity index (χ2v) is 7.48. The predicted octanol–water partition coefficient (Wildman–Crippen LogP) is 4.16. The van der Waals surface area contributed by atoms with E-state index in [1.807, 2.05) is 12.1 Å². The maximum Gasteiger partial charge on any atom is 0.264 e. The summed E-state index contributed by atoms with van der Waals surface area (Å²) in [6.45, 7) is 5.31. The molecule has 0 aromatic carbocycles. The van der Waals surface area contributed by atoms with Crippen molar-refractivity contribution in [2.24, 2.45) is 5.92 Å². The molecule has 0 spiro atoms. The van der Waals surface area contributed by atoms with Crippen LogP contribution in [0.5, 0.6) is 0 Å². The Labute approximate surface area is 115 Å². The number of nitrogens with zero attached hydrogens (tertiary/aromatic N) is 1. The Morgan fingerprint density at radius 2 is 2.24 bits per heavy atom. The molecule has 0 bridgehead atoms. The fourth-order valence-electron chi connectivity index (χ4n) is 1.80. The first-order valence-corrected chi connectivity index (χ1v) is 7.75. The van der Waals surface area contributed by atoms with Crippen LogP contribution in [0.25, 0.3) is 0 Å². The number of halogens is 1. The van der Waals surface area contributed by atoms with Crippen molar-refractivity contribution in [3.63, 3.8) is 0 Å². The average Bonchev–Trinajstić information content (AvgIpc) is 3.00. The molecular formula is C13H18BrNOS. The Bertz CT molecular complexity index is 398. The lowest BCUT2D eigenvalue weighted by Gasteiger charge is -2.22. The molecule has 1 aromatic heterocycles. The first-order valence-electron chi connectivity index (χ1n) is 6.14. The van der Waals surface area contributed by atoms with Gasteiger partial charge in [0, 0.05) is 12.6 Å². The Balaban J connectivity index is 2.02. The SMILES string of the molecule is CC(C)CCN(C(=O)c1ccc(Br)s1)C1CC1. The van der Waals surface area contributed by atoms with Crippen molar-refractivity contribution in [1.82, 2.24) is 4.90 Å². The van der Waals surface area contributed by atoms with Gasteiger partial charge in [0.1, 0.15) is 0 Å². The normalized spacial score (nSPS) is 15.3. The lowest BCUT2D eigenvalue weighted by atomic mass is 10.1. The van der Waals surface area contributed by atoms with Gasteiger partial charge in [0.25, 0.3) is 5.91 Å². The highest BCUT2D eigenvalue weighted by Gasteiger charge is 2.33. The molecular weight excluding hydrogens is 298 g/mol. The van der Waals surface area contributed by atoms with Gasteiger partial charge in [0.05, 0.1) is 8.66 Å². The number of amides is 1. The standard InChI is InChI=1S/C13H18BrNOS/c1-9(2)7-8-15(10-3-4-10)13(16)11-5-6-12(14)17-11/h5-6,9-10H,3-4,7-8H2,1-2H3. The molecule has 1 aliphatic carbocycles. The van der Waals surface area contributed by atoms with Gasteiger partial charge in [0.2, 0.25) is 0 Å². The summed E-state index contributed by atoms with van der Waals surface area (Å²) in [5, 5.41) is 0. The van der Waals surface area contributed by atoms with Crippen molar-refractivity contribution in [2.45, 2.75) is 39.2 Å². The summed E-state index contributed by atoms with van der Waals surface area (Å²) in [6, 6.07) is 4.37. The minimum Gasteiger partial charge on any atom is -0.335 e. The van der Waals surface area contributed by atoms with Crippen LogP contribution in [0.4, 0.5) is 0 Å². The van der Waals surface area contributed by atoms with Crippen molar-refractivity contribution in [2.75, 3.05) is 6.54 Å². The zero-order valence-corrected chi connectivity index (χ0v) is 12.7. The third-order valence-electron chi connectivity index (χ3n) is 2.98. The van der Waals surface area contributed by atoms with E-state index in [1.54, 1.807) is 0 Å². The van der Waals surface area contributed by atoms with Crippen LogP contribution in [0, 0.1) is 5.92 Å². The summed E-state index contributed by atoms with van der Waals surface area (Å²) in [4.78, 5) is 15.3. The Morgan fingerprint density at radius 3 is 2.71 bits per heavy atom. The van der Waals surface area contributed by atoms with Crippen LogP contribution >= 0.6 is 27.3 Å². The van der Waals surface area contributed by atoms with Crippen molar-refractivity contribution >= 4 is 33.2 Å². The molecule has 2 nitrogen and oxygen atoms in total.